The van der Waals surface area contributed by atoms with Crippen LogP contribution in [0.1, 0.15) is 10.4 Å². The summed E-state index contributed by atoms with van der Waals surface area (Å²) in [5.41, 5.74) is 1.64. The normalized spacial score (nSPS) is 14.5. The molecule has 6 heteroatoms. The minimum atomic E-state index is -1.00. The van der Waals surface area contributed by atoms with Gasteiger partial charge in [0.2, 0.25) is 5.91 Å². The molecule has 0 saturated carbocycles. The Morgan fingerprint density at radius 3 is 2.79 bits per heavy atom. The van der Waals surface area contributed by atoms with Crippen LogP contribution in [0.15, 0.2) is 18.2 Å². The van der Waals surface area contributed by atoms with Crippen molar-refractivity contribution in [1.29, 1.82) is 0 Å². The zero-order valence-electron chi connectivity index (χ0n) is 10.9. The van der Waals surface area contributed by atoms with Gasteiger partial charge in [0.05, 0.1) is 30.1 Å². The Morgan fingerprint density at radius 1 is 1.42 bits per heavy atom. The number of rotatable bonds is 4. The molecule has 1 aromatic carbocycles. The molecule has 0 aromatic heterocycles. The standard InChI is InChI=1S/C13H16N2O4/c1-14-11-7-9(13(17)18)3-4-10(11)15(5-6-19-2)8-12(14)16/h3-4,7H,5-6,8H2,1-2H3,(H,17,18). The van der Waals surface area contributed by atoms with Gasteiger partial charge in [0.1, 0.15) is 0 Å². The van der Waals surface area contributed by atoms with Crippen molar-refractivity contribution in [1.82, 2.24) is 0 Å². The van der Waals surface area contributed by atoms with Crippen LogP contribution in [0, 0.1) is 0 Å². The van der Waals surface area contributed by atoms with Gasteiger partial charge in [0, 0.05) is 20.7 Å². The lowest BCUT2D eigenvalue weighted by Crippen LogP contribution is -2.45. The SMILES string of the molecule is COCCN1CC(=O)N(C)c2cc(C(=O)O)ccc21. The molecule has 0 bridgehead atoms. The minimum absolute atomic E-state index is 0.0638. The van der Waals surface area contributed by atoms with Gasteiger partial charge >= 0.3 is 5.97 Å². The minimum Gasteiger partial charge on any atom is -0.478 e. The molecule has 1 amide bonds. The quantitative estimate of drug-likeness (QED) is 0.871. The van der Waals surface area contributed by atoms with Crippen molar-refractivity contribution in [2.24, 2.45) is 0 Å². The number of carboxylic acids is 1. The third-order valence-corrected chi connectivity index (χ3v) is 3.19. The molecule has 0 unspecified atom stereocenters. The summed E-state index contributed by atoms with van der Waals surface area (Å²) in [6.07, 6.45) is 0. The van der Waals surface area contributed by atoms with E-state index in [4.69, 9.17) is 9.84 Å². The van der Waals surface area contributed by atoms with Gasteiger partial charge in [-0.15, -0.1) is 0 Å². The molecule has 0 saturated heterocycles. The number of benzene rings is 1. The van der Waals surface area contributed by atoms with E-state index in [0.717, 1.165) is 5.69 Å². The fourth-order valence-electron chi connectivity index (χ4n) is 2.08. The number of anilines is 2. The van der Waals surface area contributed by atoms with Gasteiger partial charge in [0.25, 0.3) is 0 Å². The second-order valence-electron chi connectivity index (χ2n) is 4.38. The number of carbonyl (C=O) groups is 2. The number of likely N-dealkylation sites (N-methyl/N-ethyl adjacent to an activating group) is 1. The number of carboxylic acid groups (broad SMARTS) is 1. The molecule has 0 radical (unpaired) electrons. The molecule has 1 aliphatic heterocycles. The topological polar surface area (TPSA) is 70.1 Å². The molecule has 1 aliphatic rings. The van der Waals surface area contributed by atoms with Gasteiger partial charge in [-0.2, -0.15) is 0 Å². The molecule has 0 atom stereocenters. The van der Waals surface area contributed by atoms with E-state index in [-0.39, 0.29) is 18.0 Å². The summed E-state index contributed by atoms with van der Waals surface area (Å²) in [4.78, 5) is 26.3. The first-order chi connectivity index (χ1) is 9.04. The third kappa shape index (κ3) is 2.53. The zero-order valence-corrected chi connectivity index (χ0v) is 10.9. The maximum atomic E-state index is 11.9. The molecule has 1 heterocycles. The van der Waals surface area contributed by atoms with Crippen molar-refractivity contribution in [2.45, 2.75) is 0 Å². The number of ether oxygens (including phenoxy) is 1. The van der Waals surface area contributed by atoms with Gasteiger partial charge in [-0.05, 0) is 18.2 Å². The second kappa shape index (κ2) is 5.27. The van der Waals surface area contributed by atoms with Crippen molar-refractivity contribution in [2.75, 3.05) is 43.7 Å². The van der Waals surface area contributed by atoms with Gasteiger partial charge in [-0.25, -0.2) is 4.79 Å². The lowest BCUT2D eigenvalue weighted by Gasteiger charge is -2.35. The maximum absolute atomic E-state index is 11.9. The number of hydrogen-bond acceptors (Lipinski definition) is 4. The molecular formula is C13H16N2O4. The van der Waals surface area contributed by atoms with Crippen LogP contribution >= 0.6 is 0 Å². The first kappa shape index (κ1) is 13.4. The van der Waals surface area contributed by atoms with Crippen LogP contribution in [0.2, 0.25) is 0 Å². The Balaban J connectivity index is 2.40. The molecule has 0 fully saturated rings. The number of nitrogens with zero attached hydrogens (tertiary/aromatic N) is 2. The average Bonchev–Trinajstić information content (AvgIpc) is 2.40. The number of aromatic carboxylic acids is 1. The van der Waals surface area contributed by atoms with Crippen LogP contribution in [-0.4, -0.2) is 50.8 Å². The van der Waals surface area contributed by atoms with Crippen LogP contribution in [0.3, 0.4) is 0 Å². The van der Waals surface area contributed by atoms with Crippen molar-refractivity contribution in [3.63, 3.8) is 0 Å². The third-order valence-electron chi connectivity index (χ3n) is 3.19. The highest BCUT2D eigenvalue weighted by molar-refractivity contribution is 6.04. The van der Waals surface area contributed by atoms with Gasteiger partial charge in [-0.1, -0.05) is 0 Å². The van der Waals surface area contributed by atoms with Crippen molar-refractivity contribution in [3.8, 4) is 0 Å². The van der Waals surface area contributed by atoms with Crippen LogP contribution in [-0.2, 0) is 9.53 Å². The highest BCUT2D eigenvalue weighted by atomic mass is 16.5. The summed E-state index contributed by atoms with van der Waals surface area (Å²) in [5, 5.41) is 9.01. The molecule has 2 rings (SSSR count). The van der Waals surface area contributed by atoms with E-state index in [0.29, 0.717) is 18.8 Å². The van der Waals surface area contributed by atoms with E-state index in [9.17, 15) is 9.59 Å². The summed E-state index contributed by atoms with van der Waals surface area (Å²) < 4.78 is 5.02. The monoisotopic (exact) mass is 264 g/mol. The Labute approximate surface area is 111 Å². The Hall–Kier alpha value is -2.08. The van der Waals surface area contributed by atoms with Gasteiger partial charge in [0.15, 0.2) is 0 Å². The van der Waals surface area contributed by atoms with E-state index in [1.54, 1.807) is 26.3 Å². The van der Waals surface area contributed by atoms with Gasteiger partial charge < -0.3 is 19.6 Å². The molecule has 102 valence electrons. The van der Waals surface area contributed by atoms with Crippen molar-refractivity contribution < 1.29 is 19.4 Å². The smallest absolute Gasteiger partial charge is 0.335 e. The number of fused-ring (bicyclic) bond motifs is 1. The van der Waals surface area contributed by atoms with E-state index in [1.807, 2.05) is 4.90 Å². The zero-order chi connectivity index (χ0) is 14.0. The molecule has 1 N–H and O–H groups in total. The predicted octanol–water partition coefficient (Wildman–Crippen LogP) is 0.814. The van der Waals surface area contributed by atoms with Crippen molar-refractivity contribution in [3.05, 3.63) is 23.8 Å². The first-order valence-electron chi connectivity index (χ1n) is 5.92. The Bertz CT molecular complexity index is 515. The number of carbonyl (C=O) groups excluding carboxylic acids is 1. The van der Waals surface area contributed by atoms with E-state index in [1.165, 1.54) is 11.0 Å². The molecule has 0 spiro atoms. The Morgan fingerprint density at radius 2 is 2.16 bits per heavy atom. The van der Waals surface area contributed by atoms with Gasteiger partial charge in [-0.3, -0.25) is 4.79 Å². The number of methoxy groups -OCH3 is 1. The fourth-order valence-corrected chi connectivity index (χ4v) is 2.08. The van der Waals surface area contributed by atoms with E-state index >= 15 is 0 Å². The molecule has 1 aromatic rings. The molecule has 0 aliphatic carbocycles. The summed E-state index contributed by atoms with van der Waals surface area (Å²) in [5.74, 6) is -1.07. The summed E-state index contributed by atoms with van der Waals surface area (Å²) in [6, 6.07) is 4.80. The average molecular weight is 264 g/mol. The van der Waals surface area contributed by atoms with Crippen LogP contribution < -0.4 is 9.80 Å². The fraction of sp³-hybridized carbons (Fsp3) is 0.385. The highest BCUT2D eigenvalue weighted by Gasteiger charge is 2.27. The molecule has 6 nitrogen and oxygen atoms in total. The lowest BCUT2D eigenvalue weighted by molar-refractivity contribution is -0.117. The van der Waals surface area contributed by atoms with Crippen molar-refractivity contribution >= 4 is 23.3 Å². The number of amides is 1. The summed E-state index contributed by atoms with van der Waals surface area (Å²) in [7, 11) is 3.26. The lowest BCUT2D eigenvalue weighted by atomic mass is 10.1. The highest BCUT2D eigenvalue weighted by Crippen LogP contribution is 2.33. The van der Waals surface area contributed by atoms with Crippen LogP contribution in [0.5, 0.6) is 0 Å². The second-order valence-corrected chi connectivity index (χ2v) is 4.38. The van der Waals surface area contributed by atoms with E-state index < -0.39 is 5.97 Å². The van der Waals surface area contributed by atoms with Crippen LogP contribution in [0.4, 0.5) is 11.4 Å². The summed E-state index contributed by atoms with van der Waals surface area (Å²) >= 11 is 0. The largest absolute Gasteiger partial charge is 0.478 e. The number of hydrogen-bond donors (Lipinski definition) is 1. The predicted molar refractivity (Wildman–Crippen MR) is 70.9 cm³/mol. The first-order valence-corrected chi connectivity index (χ1v) is 5.92. The Kier molecular flexibility index (Phi) is 3.71. The molecule has 19 heavy (non-hydrogen) atoms. The molecular weight excluding hydrogens is 248 g/mol. The summed E-state index contributed by atoms with van der Waals surface area (Å²) in [6.45, 7) is 1.38. The maximum Gasteiger partial charge on any atom is 0.335 e. The van der Waals surface area contributed by atoms with Crippen LogP contribution in [0.25, 0.3) is 0 Å². The van der Waals surface area contributed by atoms with E-state index in [2.05, 4.69) is 0 Å².